The molecule has 3 N–H and O–H groups in total. The average Bonchev–Trinajstić information content (AvgIpc) is 3.17. The van der Waals surface area contributed by atoms with Gasteiger partial charge in [0.2, 0.25) is 0 Å². The Hall–Kier alpha value is -1.47. The molecule has 0 aliphatic rings. The summed E-state index contributed by atoms with van der Waals surface area (Å²) in [5.74, 6) is -0.935. The van der Waals surface area contributed by atoms with Crippen LogP contribution in [0.25, 0.3) is 0 Å². The highest BCUT2D eigenvalue weighted by molar-refractivity contribution is 5.84. The predicted octanol–water partition coefficient (Wildman–Crippen LogP) is 0.213. The molecule has 1 atom stereocenters. The van der Waals surface area contributed by atoms with Crippen molar-refractivity contribution in [3.05, 3.63) is 12.2 Å². The second kappa shape index (κ2) is 50.5. The molecule has 19 heteroatoms. The number of aliphatic hydroxyl groups excluding tert-OH is 2. The van der Waals surface area contributed by atoms with Crippen molar-refractivity contribution in [2.24, 2.45) is 0 Å². The van der Waals surface area contributed by atoms with E-state index in [0.29, 0.717) is 185 Å². The highest BCUT2D eigenvalue weighted by Gasteiger charge is 2.02. The normalized spacial score (nSPS) is 11.8. The van der Waals surface area contributed by atoms with Crippen LogP contribution in [-0.4, -0.2) is 226 Å². The van der Waals surface area contributed by atoms with Gasteiger partial charge >= 0.3 is 5.97 Å². The molecule has 0 aromatic heterocycles. The van der Waals surface area contributed by atoms with Gasteiger partial charge in [-0.1, -0.05) is 6.58 Å². The van der Waals surface area contributed by atoms with Crippen molar-refractivity contribution in [1.29, 1.82) is 0 Å². The van der Waals surface area contributed by atoms with Gasteiger partial charge in [0.05, 0.1) is 192 Å². The fourth-order valence-electron chi connectivity index (χ4n) is 3.35. The van der Waals surface area contributed by atoms with Crippen LogP contribution in [0.4, 0.5) is 0 Å². The topological polar surface area (TPSA) is 216 Å². The van der Waals surface area contributed by atoms with Crippen molar-refractivity contribution >= 4 is 5.97 Å². The van der Waals surface area contributed by atoms with E-state index in [1.54, 1.807) is 0 Å². The summed E-state index contributed by atoms with van der Waals surface area (Å²) in [7, 11) is 0. The molecule has 0 radical (unpaired) electrons. The Kier molecular flexibility index (Phi) is 51.1. The Balaban J connectivity index is 0. The molecule has 0 fully saturated rings. The number of rotatable bonds is 46. The summed E-state index contributed by atoms with van der Waals surface area (Å²) >= 11 is 0. The van der Waals surface area contributed by atoms with Gasteiger partial charge in [-0.3, -0.25) is 0 Å². The van der Waals surface area contributed by atoms with Crippen LogP contribution in [0.1, 0.15) is 13.8 Å². The van der Waals surface area contributed by atoms with Gasteiger partial charge in [-0.25, -0.2) is 4.79 Å². The van der Waals surface area contributed by atoms with Crippen LogP contribution in [0.3, 0.4) is 0 Å². The van der Waals surface area contributed by atoms with E-state index >= 15 is 0 Å². The molecule has 0 saturated carbocycles. The molecule has 0 aromatic rings. The Bertz CT molecular complexity index is 740. The first kappa shape index (κ1) is 55.6. The van der Waals surface area contributed by atoms with Gasteiger partial charge in [0.1, 0.15) is 0 Å². The van der Waals surface area contributed by atoms with E-state index in [2.05, 4.69) is 6.58 Å². The highest BCUT2D eigenvalue weighted by Crippen LogP contribution is 1.90. The maximum absolute atomic E-state index is 9.60. The standard InChI is InChI=1S/C32H66O17.C4H6O2/c1-2-49-32(34)31-48-30-29-47-28-27-46-26-25-45-24-23-44-22-21-43-20-19-42-18-17-41-16-15-40-14-13-39-12-11-38-10-9-37-8-7-36-6-5-35-4-3-33;1-3(2)4(5)6/h32-34H,2-31H2,1H3;1H2,2H3,(H,5,6). The molecule has 0 aliphatic carbocycles. The molecule has 19 nitrogen and oxygen atoms in total. The third kappa shape index (κ3) is 54.7. The second-order valence-corrected chi connectivity index (χ2v) is 10.8. The van der Waals surface area contributed by atoms with Crippen LogP contribution in [0.15, 0.2) is 12.2 Å². The van der Waals surface area contributed by atoms with Crippen molar-refractivity contribution in [3.8, 4) is 0 Å². The molecule has 330 valence electrons. The van der Waals surface area contributed by atoms with Crippen LogP contribution in [0.5, 0.6) is 0 Å². The van der Waals surface area contributed by atoms with E-state index in [4.69, 9.17) is 81.3 Å². The van der Waals surface area contributed by atoms with E-state index in [1.807, 2.05) is 6.92 Å². The SMILES string of the molecule is C=C(C)C(=O)O.CCOC(O)COCCOCCOCCOCCOCCOCCOCCOCCOCCOCCOCCOCCOCCOCCO. The zero-order chi connectivity index (χ0) is 40.6. The number of carboxylic acid groups (broad SMARTS) is 1. The summed E-state index contributed by atoms with van der Waals surface area (Å²) in [5.41, 5.74) is 0.176. The lowest BCUT2D eigenvalue weighted by atomic mass is 10.4. The molecule has 0 rings (SSSR count). The molecular formula is C36H72O19. The zero-order valence-corrected chi connectivity index (χ0v) is 33.4. The maximum atomic E-state index is 9.60. The largest absolute Gasteiger partial charge is 0.478 e. The number of hydrogen-bond acceptors (Lipinski definition) is 18. The molecule has 0 heterocycles. The van der Waals surface area contributed by atoms with E-state index in [9.17, 15) is 9.90 Å². The first-order chi connectivity index (χ1) is 27.0. The van der Waals surface area contributed by atoms with Crippen molar-refractivity contribution in [2.45, 2.75) is 20.1 Å². The molecule has 0 spiro atoms. The van der Waals surface area contributed by atoms with Gasteiger partial charge in [0.15, 0.2) is 6.29 Å². The van der Waals surface area contributed by atoms with Crippen LogP contribution in [0, 0.1) is 0 Å². The summed E-state index contributed by atoms with van der Waals surface area (Å²) in [6, 6.07) is 0. The van der Waals surface area contributed by atoms with Crippen LogP contribution >= 0.6 is 0 Å². The molecule has 0 aromatic carbocycles. The van der Waals surface area contributed by atoms with Crippen LogP contribution in [0.2, 0.25) is 0 Å². The van der Waals surface area contributed by atoms with E-state index in [-0.39, 0.29) is 18.8 Å². The zero-order valence-electron chi connectivity index (χ0n) is 33.4. The number of hydrogen-bond donors (Lipinski definition) is 3. The maximum Gasteiger partial charge on any atom is 0.330 e. The minimum atomic E-state index is -0.935. The monoisotopic (exact) mass is 808 g/mol. The number of carbonyl (C=O) groups is 1. The fraction of sp³-hybridized carbons (Fsp3) is 0.917. The van der Waals surface area contributed by atoms with Crippen LogP contribution < -0.4 is 0 Å². The highest BCUT2D eigenvalue weighted by atomic mass is 16.6. The van der Waals surface area contributed by atoms with E-state index in [0.717, 1.165) is 0 Å². The summed E-state index contributed by atoms with van der Waals surface area (Å²) in [4.78, 5) is 9.60. The summed E-state index contributed by atoms with van der Waals surface area (Å²) in [6.45, 7) is 19.9. The lowest BCUT2D eigenvalue weighted by molar-refractivity contribution is -0.138. The van der Waals surface area contributed by atoms with Crippen molar-refractivity contribution < 1.29 is 91.2 Å². The quantitative estimate of drug-likeness (QED) is 0.0426. The third-order valence-corrected chi connectivity index (χ3v) is 6.06. The van der Waals surface area contributed by atoms with Gasteiger partial charge in [0.25, 0.3) is 0 Å². The van der Waals surface area contributed by atoms with Gasteiger partial charge < -0.3 is 86.4 Å². The molecule has 0 saturated heterocycles. The Morgan fingerprint density at radius 1 is 0.436 bits per heavy atom. The Morgan fingerprint density at radius 3 is 0.782 bits per heavy atom. The molecule has 0 bridgehead atoms. The van der Waals surface area contributed by atoms with Gasteiger partial charge in [0, 0.05) is 12.2 Å². The number of aliphatic hydroxyl groups is 2. The average molecular weight is 809 g/mol. The number of ether oxygens (including phenoxy) is 15. The second-order valence-electron chi connectivity index (χ2n) is 10.8. The van der Waals surface area contributed by atoms with Gasteiger partial charge in [-0.2, -0.15) is 0 Å². The summed E-state index contributed by atoms with van der Waals surface area (Å²) in [5, 5.41) is 25.8. The van der Waals surface area contributed by atoms with Crippen molar-refractivity contribution in [1.82, 2.24) is 0 Å². The minimum Gasteiger partial charge on any atom is -0.478 e. The molecule has 0 aliphatic heterocycles. The van der Waals surface area contributed by atoms with Crippen LogP contribution in [-0.2, 0) is 75.8 Å². The Morgan fingerprint density at radius 2 is 0.618 bits per heavy atom. The molecule has 0 amide bonds. The lowest BCUT2D eigenvalue weighted by Crippen LogP contribution is -2.20. The first-order valence-electron chi connectivity index (χ1n) is 18.8. The molecule has 55 heavy (non-hydrogen) atoms. The van der Waals surface area contributed by atoms with Crippen molar-refractivity contribution in [3.63, 3.8) is 0 Å². The fourth-order valence-corrected chi connectivity index (χ4v) is 3.35. The first-order valence-corrected chi connectivity index (χ1v) is 18.8. The predicted molar refractivity (Wildman–Crippen MR) is 199 cm³/mol. The van der Waals surface area contributed by atoms with Gasteiger partial charge in [-0.05, 0) is 13.8 Å². The molecule has 1 unspecified atom stereocenters. The lowest BCUT2D eigenvalue weighted by Gasteiger charge is -2.11. The summed E-state index contributed by atoms with van der Waals surface area (Å²) < 4.78 is 80.5. The van der Waals surface area contributed by atoms with Gasteiger partial charge in [-0.15, -0.1) is 0 Å². The number of aliphatic carboxylic acids is 1. The smallest absolute Gasteiger partial charge is 0.330 e. The Labute approximate surface area is 327 Å². The number of carboxylic acids is 1. The summed E-state index contributed by atoms with van der Waals surface area (Å²) in [6.07, 6.45) is -0.891. The van der Waals surface area contributed by atoms with E-state index < -0.39 is 12.3 Å². The van der Waals surface area contributed by atoms with Crippen molar-refractivity contribution in [2.75, 3.05) is 198 Å². The molecular weight excluding hydrogens is 736 g/mol. The van der Waals surface area contributed by atoms with E-state index in [1.165, 1.54) is 6.92 Å². The third-order valence-electron chi connectivity index (χ3n) is 6.06. The minimum absolute atomic E-state index is 0.0214.